The van der Waals surface area contributed by atoms with Crippen LogP contribution in [0.3, 0.4) is 0 Å². The van der Waals surface area contributed by atoms with Gasteiger partial charge in [0, 0.05) is 6.04 Å². The largest absolute Gasteiger partial charge is 0.271 e. The van der Waals surface area contributed by atoms with Crippen molar-refractivity contribution in [1.82, 2.24) is 5.43 Å². The molecule has 0 aromatic heterocycles. The molecule has 3 heteroatoms. The number of hydrogen-bond donors (Lipinski definition) is 2. The SMILES string of the molecule is Cc1cc(F)ccc1CC(NN)C(C)C(C)C. The number of nitrogens with two attached hydrogens (primary N) is 1. The molecule has 2 nitrogen and oxygen atoms in total. The molecule has 0 aliphatic heterocycles. The normalized spacial score (nSPS) is 15.0. The Morgan fingerprint density at radius 3 is 2.41 bits per heavy atom. The van der Waals surface area contributed by atoms with E-state index in [9.17, 15) is 4.39 Å². The van der Waals surface area contributed by atoms with Crippen LogP contribution < -0.4 is 11.3 Å². The lowest BCUT2D eigenvalue weighted by atomic mass is 9.86. The van der Waals surface area contributed by atoms with Gasteiger partial charge >= 0.3 is 0 Å². The van der Waals surface area contributed by atoms with Crippen LogP contribution >= 0.6 is 0 Å². The first-order valence-corrected chi connectivity index (χ1v) is 6.16. The lowest BCUT2D eigenvalue weighted by Gasteiger charge is -2.27. The average Bonchev–Trinajstić information content (AvgIpc) is 2.27. The Morgan fingerprint density at radius 1 is 1.29 bits per heavy atom. The number of aryl methyl sites for hydroxylation is 1. The molecule has 0 saturated carbocycles. The third-order valence-corrected chi connectivity index (χ3v) is 3.64. The Balaban J connectivity index is 2.80. The van der Waals surface area contributed by atoms with Crippen molar-refractivity contribution in [3.63, 3.8) is 0 Å². The molecule has 0 aliphatic carbocycles. The van der Waals surface area contributed by atoms with Crippen LogP contribution in [0.5, 0.6) is 0 Å². The predicted octanol–water partition coefficient (Wildman–Crippen LogP) is 2.80. The van der Waals surface area contributed by atoms with Crippen LogP contribution in [-0.2, 0) is 6.42 Å². The number of rotatable bonds is 5. The molecule has 17 heavy (non-hydrogen) atoms. The average molecular weight is 238 g/mol. The van der Waals surface area contributed by atoms with E-state index in [1.54, 1.807) is 6.07 Å². The van der Waals surface area contributed by atoms with Crippen LogP contribution in [0.4, 0.5) is 4.39 Å². The summed E-state index contributed by atoms with van der Waals surface area (Å²) in [5.74, 6) is 6.48. The van der Waals surface area contributed by atoms with Crippen molar-refractivity contribution in [1.29, 1.82) is 0 Å². The van der Waals surface area contributed by atoms with E-state index >= 15 is 0 Å². The molecule has 0 bridgehead atoms. The van der Waals surface area contributed by atoms with E-state index in [0.717, 1.165) is 17.5 Å². The summed E-state index contributed by atoms with van der Waals surface area (Å²) in [6.45, 7) is 8.50. The number of benzene rings is 1. The van der Waals surface area contributed by atoms with Crippen LogP contribution in [-0.4, -0.2) is 6.04 Å². The van der Waals surface area contributed by atoms with Gasteiger partial charge in [0.25, 0.3) is 0 Å². The van der Waals surface area contributed by atoms with Gasteiger partial charge in [-0.25, -0.2) is 4.39 Å². The molecule has 2 atom stereocenters. The molecule has 3 N–H and O–H groups in total. The topological polar surface area (TPSA) is 38.0 Å². The van der Waals surface area contributed by atoms with Gasteiger partial charge < -0.3 is 0 Å². The highest BCUT2D eigenvalue weighted by Gasteiger charge is 2.20. The molecule has 1 aromatic carbocycles. The Morgan fingerprint density at radius 2 is 1.94 bits per heavy atom. The summed E-state index contributed by atoms with van der Waals surface area (Å²) in [6, 6.07) is 5.15. The zero-order valence-electron chi connectivity index (χ0n) is 11.1. The maximum absolute atomic E-state index is 13.0. The lowest BCUT2D eigenvalue weighted by molar-refractivity contribution is 0.299. The number of hydrogen-bond acceptors (Lipinski definition) is 2. The Hall–Kier alpha value is -0.930. The van der Waals surface area contributed by atoms with Gasteiger partial charge in [-0.2, -0.15) is 0 Å². The van der Waals surface area contributed by atoms with Gasteiger partial charge in [-0.3, -0.25) is 11.3 Å². The minimum atomic E-state index is -0.180. The minimum Gasteiger partial charge on any atom is -0.271 e. The molecule has 1 aromatic rings. The fourth-order valence-electron chi connectivity index (χ4n) is 1.99. The van der Waals surface area contributed by atoms with E-state index in [0.29, 0.717) is 11.8 Å². The maximum Gasteiger partial charge on any atom is 0.123 e. The second kappa shape index (κ2) is 6.12. The summed E-state index contributed by atoms with van der Waals surface area (Å²) in [6.07, 6.45) is 0.835. The van der Waals surface area contributed by atoms with E-state index in [1.807, 2.05) is 13.0 Å². The fourth-order valence-corrected chi connectivity index (χ4v) is 1.99. The molecular weight excluding hydrogens is 215 g/mol. The maximum atomic E-state index is 13.0. The summed E-state index contributed by atoms with van der Waals surface area (Å²) in [4.78, 5) is 0. The summed E-state index contributed by atoms with van der Waals surface area (Å²) in [5, 5.41) is 0. The molecule has 96 valence electrons. The van der Waals surface area contributed by atoms with Crippen LogP contribution in [0.1, 0.15) is 31.9 Å². The number of halogens is 1. The molecule has 0 aliphatic rings. The zero-order valence-corrected chi connectivity index (χ0v) is 11.1. The molecule has 0 heterocycles. The second-order valence-electron chi connectivity index (χ2n) is 5.15. The Labute approximate surface area is 103 Å². The van der Waals surface area contributed by atoms with Gasteiger partial charge in [0.2, 0.25) is 0 Å². The van der Waals surface area contributed by atoms with Crippen LogP contribution in [0.25, 0.3) is 0 Å². The molecular formula is C14H23FN2. The molecule has 2 unspecified atom stereocenters. The van der Waals surface area contributed by atoms with Crippen molar-refractivity contribution in [2.45, 2.75) is 40.2 Å². The standard InChI is InChI=1S/C14H23FN2/c1-9(2)11(4)14(17-16)8-12-5-6-13(15)7-10(12)3/h5-7,9,11,14,17H,8,16H2,1-4H3. The van der Waals surface area contributed by atoms with Crippen molar-refractivity contribution in [2.75, 3.05) is 0 Å². The van der Waals surface area contributed by atoms with Gasteiger partial charge in [-0.15, -0.1) is 0 Å². The van der Waals surface area contributed by atoms with Crippen molar-refractivity contribution >= 4 is 0 Å². The second-order valence-corrected chi connectivity index (χ2v) is 5.15. The summed E-state index contributed by atoms with van der Waals surface area (Å²) in [7, 11) is 0. The minimum absolute atomic E-state index is 0.180. The van der Waals surface area contributed by atoms with Crippen LogP contribution in [0.2, 0.25) is 0 Å². The van der Waals surface area contributed by atoms with Gasteiger partial charge in [-0.05, 0) is 48.4 Å². The highest BCUT2D eigenvalue weighted by Crippen LogP contribution is 2.20. The molecule has 0 spiro atoms. The lowest BCUT2D eigenvalue weighted by Crippen LogP contribution is -2.43. The first-order valence-electron chi connectivity index (χ1n) is 6.16. The van der Waals surface area contributed by atoms with E-state index in [1.165, 1.54) is 6.07 Å². The van der Waals surface area contributed by atoms with Crippen LogP contribution in [0.15, 0.2) is 18.2 Å². The Bertz CT molecular complexity index is 363. The third-order valence-electron chi connectivity index (χ3n) is 3.64. The van der Waals surface area contributed by atoms with Crippen molar-refractivity contribution in [2.24, 2.45) is 17.7 Å². The molecule has 0 fully saturated rings. The third kappa shape index (κ3) is 3.79. The first kappa shape index (κ1) is 14.1. The highest BCUT2D eigenvalue weighted by atomic mass is 19.1. The van der Waals surface area contributed by atoms with Crippen molar-refractivity contribution in [3.8, 4) is 0 Å². The smallest absolute Gasteiger partial charge is 0.123 e. The quantitative estimate of drug-likeness (QED) is 0.611. The molecule has 0 amide bonds. The summed E-state index contributed by atoms with van der Waals surface area (Å²) in [5.41, 5.74) is 5.02. The fraction of sp³-hybridized carbons (Fsp3) is 0.571. The molecule has 1 rings (SSSR count). The van der Waals surface area contributed by atoms with Crippen molar-refractivity contribution in [3.05, 3.63) is 35.1 Å². The summed E-state index contributed by atoms with van der Waals surface area (Å²) < 4.78 is 13.0. The van der Waals surface area contributed by atoms with E-state index in [2.05, 4.69) is 26.2 Å². The van der Waals surface area contributed by atoms with E-state index in [-0.39, 0.29) is 11.9 Å². The highest BCUT2D eigenvalue weighted by molar-refractivity contribution is 5.27. The van der Waals surface area contributed by atoms with Gasteiger partial charge in [-0.1, -0.05) is 26.8 Å². The van der Waals surface area contributed by atoms with Crippen LogP contribution in [0, 0.1) is 24.6 Å². The number of hydrazine groups is 1. The Kier molecular flexibility index (Phi) is 5.09. The first-order chi connectivity index (χ1) is 7.95. The monoisotopic (exact) mass is 238 g/mol. The van der Waals surface area contributed by atoms with Gasteiger partial charge in [0.05, 0.1) is 0 Å². The number of nitrogens with one attached hydrogen (secondary N) is 1. The summed E-state index contributed by atoms with van der Waals surface area (Å²) >= 11 is 0. The van der Waals surface area contributed by atoms with Crippen molar-refractivity contribution < 1.29 is 4.39 Å². The van der Waals surface area contributed by atoms with E-state index in [4.69, 9.17) is 5.84 Å². The molecule has 0 saturated heterocycles. The molecule has 0 radical (unpaired) electrons. The van der Waals surface area contributed by atoms with Gasteiger partial charge in [0.1, 0.15) is 5.82 Å². The van der Waals surface area contributed by atoms with E-state index < -0.39 is 0 Å². The predicted molar refractivity (Wildman–Crippen MR) is 70.0 cm³/mol. The van der Waals surface area contributed by atoms with Gasteiger partial charge in [0.15, 0.2) is 0 Å². The zero-order chi connectivity index (χ0) is 13.0.